The molecule has 0 spiro atoms. The molecule has 0 bridgehead atoms. The van der Waals surface area contributed by atoms with Crippen molar-refractivity contribution in [2.24, 2.45) is 11.8 Å². The molecule has 2 rings (SSSR count). The van der Waals surface area contributed by atoms with Gasteiger partial charge >= 0.3 is 0 Å². The first-order chi connectivity index (χ1) is 11.4. The second kappa shape index (κ2) is 8.28. The van der Waals surface area contributed by atoms with Crippen LogP contribution in [0.5, 0.6) is 5.75 Å². The predicted octanol–water partition coefficient (Wildman–Crippen LogP) is 2.77. The van der Waals surface area contributed by atoms with Gasteiger partial charge in [0, 0.05) is 12.1 Å². The number of thiocarbonyl (C=S) groups is 1. The lowest BCUT2D eigenvalue weighted by molar-refractivity contribution is 0.0939. The van der Waals surface area contributed by atoms with E-state index in [0.717, 1.165) is 18.9 Å². The highest BCUT2D eigenvalue weighted by Crippen LogP contribution is 2.29. The molecule has 1 saturated carbocycles. The molecule has 5 nitrogen and oxygen atoms in total. The first-order valence-corrected chi connectivity index (χ1v) is 8.53. The second-order valence-electron chi connectivity index (χ2n) is 6.27. The molecule has 7 heteroatoms. The molecule has 3 atom stereocenters. The third-order valence-electron chi connectivity index (χ3n) is 4.73. The van der Waals surface area contributed by atoms with Gasteiger partial charge in [0.2, 0.25) is 0 Å². The molecule has 1 aromatic rings. The smallest absolute Gasteiger partial charge is 0.272 e. The van der Waals surface area contributed by atoms with Gasteiger partial charge in [0.05, 0.1) is 12.7 Å². The quantitative estimate of drug-likeness (QED) is 0.576. The molecule has 1 aromatic carbocycles. The Morgan fingerprint density at radius 3 is 2.71 bits per heavy atom. The lowest BCUT2D eigenvalue weighted by atomic mass is 9.78. The minimum absolute atomic E-state index is 0.0780. The van der Waals surface area contributed by atoms with Crippen molar-refractivity contribution in [2.75, 3.05) is 7.11 Å². The number of amides is 1. The van der Waals surface area contributed by atoms with Crippen LogP contribution in [0.4, 0.5) is 4.39 Å². The number of nitrogens with one attached hydrogen (secondary N) is 3. The Morgan fingerprint density at radius 2 is 2.04 bits per heavy atom. The van der Waals surface area contributed by atoms with Crippen molar-refractivity contribution in [1.82, 2.24) is 16.2 Å². The van der Waals surface area contributed by atoms with Crippen molar-refractivity contribution in [3.63, 3.8) is 0 Å². The summed E-state index contributed by atoms with van der Waals surface area (Å²) < 4.78 is 18.8. The van der Waals surface area contributed by atoms with E-state index < -0.39 is 11.7 Å². The number of hydrogen-bond acceptors (Lipinski definition) is 3. The van der Waals surface area contributed by atoms with Crippen LogP contribution in [0.3, 0.4) is 0 Å². The van der Waals surface area contributed by atoms with Gasteiger partial charge in [-0.2, -0.15) is 0 Å². The standard InChI is InChI=1S/C17H24FN3O2S/c1-10-5-4-6-15(11(10)2)19-17(24)21-20-16(22)13-8-7-12(23-3)9-14(13)18/h7-11,15H,4-6H2,1-3H3,(H,20,22)(H2,19,21,24)/t10-,11+,15+/m0/s1. The molecule has 3 N–H and O–H groups in total. The molecule has 0 aliphatic heterocycles. The van der Waals surface area contributed by atoms with Crippen LogP contribution in [0.15, 0.2) is 18.2 Å². The number of ether oxygens (including phenoxy) is 1. The Kier molecular flexibility index (Phi) is 6.36. The zero-order valence-electron chi connectivity index (χ0n) is 14.2. The highest BCUT2D eigenvalue weighted by molar-refractivity contribution is 7.80. The van der Waals surface area contributed by atoms with E-state index in [0.29, 0.717) is 22.7 Å². The van der Waals surface area contributed by atoms with Gasteiger partial charge in [-0.3, -0.25) is 15.6 Å². The Hall–Kier alpha value is -1.89. The summed E-state index contributed by atoms with van der Waals surface area (Å²) in [4.78, 5) is 12.0. The number of rotatable bonds is 3. The number of methoxy groups -OCH3 is 1. The molecule has 132 valence electrons. The Labute approximate surface area is 147 Å². The minimum atomic E-state index is -0.651. The van der Waals surface area contributed by atoms with Crippen molar-refractivity contribution in [3.8, 4) is 5.75 Å². The summed E-state index contributed by atoms with van der Waals surface area (Å²) in [6.07, 6.45) is 3.44. The normalized spacial score (nSPS) is 23.2. The third-order valence-corrected chi connectivity index (χ3v) is 4.95. The molecule has 1 amide bonds. The van der Waals surface area contributed by atoms with Crippen LogP contribution in [0.2, 0.25) is 0 Å². The molecule has 1 aliphatic rings. The largest absolute Gasteiger partial charge is 0.497 e. The fourth-order valence-corrected chi connectivity index (χ4v) is 3.18. The van der Waals surface area contributed by atoms with Crippen molar-refractivity contribution < 1.29 is 13.9 Å². The van der Waals surface area contributed by atoms with E-state index in [-0.39, 0.29) is 11.6 Å². The molecule has 0 aromatic heterocycles. The zero-order chi connectivity index (χ0) is 17.7. The maximum Gasteiger partial charge on any atom is 0.272 e. The zero-order valence-corrected chi connectivity index (χ0v) is 15.0. The van der Waals surface area contributed by atoms with E-state index in [1.165, 1.54) is 25.7 Å². The van der Waals surface area contributed by atoms with Crippen LogP contribution in [-0.4, -0.2) is 24.2 Å². The van der Waals surface area contributed by atoms with Gasteiger partial charge in [-0.25, -0.2) is 4.39 Å². The predicted molar refractivity (Wildman–Crippen MR) is 95.3 cm³/mol. The van der Waals surface area contributed by atoms with Gasteiger partial charge in [0.1, 0.15) is 11.6 Å². The SMILES string of the molecule is COc1ccc(C(=O)NNC(=S)N[C@@H]2CCC[C@H](C)[C@H]2C)c(F)c1. The van der Waals surface area contributed by atoms with Crippen molar-refractivity contribution >= 4 is 23.2 Å². The van der Waals surface area contributed by atoms with Gasteiger partial charge in [-0.05, 0) is 42.6 Å². The number of benzene rings is 1. The highest BCUT2D eigenvalue weighted by atomic mass is 32.1. The lowest BCUT2D eigenvalue weighted by Crippen LogP contribution is -2.52. The number of halogens is 1. The van der Waals surface area contributed by atoms with Crippen LogP contribution < -0.4 is 20.9 Å². The van der Waals surface area contributed by atoms with E-state index in [4.69, 9.17) is 17.0 Å². The average molecular weight is 353 g/mol. The van der Waals surface area contributed by atoms with Gasteiger partial charge in [0.25, 0.3) is 5.91 Å². The molecule has 0 radical (unpaired) electrons. The molecular weight excluding hydrogens is 329 g/mol. The van der Waals surface area contributed by atoms with Gasteiger partial charge in [-0.15, -0.1) is 0 Å². The number of carbonyl (C=O) groups excluding carboxylic acids is 1. The maximum absolute atomic E-state index is 13.9. The van der Waals surface area contributed by atoms with Crippen LogP contribution in [0.1, 0.15) is 43.5 Å². The average Bonchev–Trinajstić information content (AvgIpc) is 2.56. The molecule has 0 unspecified atom stereocenters. The minimum Gasteiger partial charge on any atom is -0.497 e. The number of hydrogen-bond donors (Lipinski definition) is 3. The Balaban J connectivity index is 1.86. The van der Waals surface area contributed by atoms with Crippen LogP contribution in [0.25, 0.3) is 0 Å². The van der Waals surface area contributed by atoms with Gasteiger partial charge in [-0.1, -0.05) is 26.7 Å². The number of hydrazine groups is 1. The number of carbonyl (C=O) groups is 1. The summed E-state index contributed by atoms with van der Waals surface area (Å²) >= 11 is 5.22. The maximum atomic E-state index is 13.9. The topological polar surface area (TPSA) is 62.4 Å². The first kappa shape index (κ1) is 18.4. The Bertz CT molecular complexity index is 611. The molecule has 1 aliphatic carbocycles. The molecule has 0 heterocycles. The van der Waals surface area contributed by atoms with Gasteiger partial charge < -0.3 is 10.1 Å². The van der Waals surface area contributed by atoms with Crippen LogP contribution >= 0.6 is 12.2 Å². The van der Waals surface area contributed by atoms with E-state index in [1.54, 1.807) is 0 Å². The third kappa shape index (κ3) is 4.56. The lowest BCUT2D eigenvalue weighted by Gasteiger charge is -2.35. The molecule has 0 saturated heterocycles. The van der Waals surface area contributed by atoms with E-state index in [2.05, 4.69) is 30.0 Å². The molecular formula is C17H24FN3O2S. The van der Waals surface area contributed by atoms with Crippen LogP contribution in [0, 0.1) is 17.7 Å². The second-order valence-corrected chi connectivity index (χ2v) is 6.68. The summed E-state index contributed by atoms with van der Waals surface area (Å²) in [6.45, 7) is 4.44. The fourth-order valence-electron chi connectivity index (χ4n) is 2.98. The van der Waals surface area contributed by atoms with Crippen molar-refractivity contribution in [2.45, 2.75) is 39.2 Å². The van der Waals surface area contributed by atoms with E-state index in [1.807, 2.05) is 0 Å². The van der Waals surface area contributed by atoms with Crippen LogP contribution in [-0.2, 0) is 0 Å². The summed E-state index contributed by atoms with van der Waals surface area (Å²) in [7, 11) is 1.44. The van der Waals surface area contributed by atoms with Crippen molar-refractivity contribution in [3.05, 3.63) is 29.6 Å². The summed E-state index contributed by atoms with van der Waals surface area (Å²) in [5.41, 5.74) is 4.98. The summed E-state index contributed by atoms with van der Waals surface area (Å²) in [5, 5.41) is 3.57. The molecule has 24 heavy (non-hydrogen) atoms. The monoisotopic (exact) mass is 353 g/mol. The van der Waals surface area contributed by atoms with Gasteiger partial charge in [0.15, 0.2) is 5.11 Å². The summed E-state index contributed by atoms with van der Waals surface area (Å²) in [5.74, 6) is 0.261. The van der Waals surface area contributed by atoms with E-state index >= 15 is 0 Å². The first-order valence-electron chi connectivity index (χ1n) is 8.12. The highest BCUT2D eigenvalue weighted by Gasteiger charge is 2.27. The fraction of sp³-hybridized carbons (Fsp3) is 0.529. The summed E-state index contributed by atoms with van der Waals surface area (Å²) in [6, 6.07) is 4.34. The van der Waals surface area contributed by atoms with Crippen molar-refractivity contribution in [1.29, 1.82) is 0 Å². The Morgan fingerprint density at radius 1 is 1.29 bits per heavy atom. The van der Waals surface area contributed by atoms with E-state index in [9.17, 15) is 9.18 Å². The molecule has 1 fully saturated rings.